The van der Waals surface area contributed by atoms with E-state index in [1.54, 1.807) is 26.0 Å². The number of hydrogen-bond donors (Lipinski definition) is 1. The van der Waals surface area contributed by atoms with Crippen LogP contribution in [0.2, 0.25) is 0 Å². The lowest BCUT2D eigenvalue weighted by Crippen LogP contribution is -2.31. The van der Waals surface area contributed by atoms with E-state index in [-0.39, 0.29) is 24.1 Å². The maximum Gasteiger partial charge on any atom is 0.336 e. The van der Waals surface area contributed by atoms with Gasteiger partial charge >= 0.3 is 11.9 Å². The predicted octanol–water partition coefficient (Wildman–Crippen LogP) is 1.64. The number of hydrogen-bond acceptors (Lipinski definition) is 4. The smallest absolute Gasteiger partial charge is 0.336 e. The second kappa shape index (κ2) is 6.88. The number of benzene rings is 1. The van der Waals surface area contributed by atoms with Crippen LogP contribution in [0, 0.1) is 13.8 Å². The molecule has 0 saturated heterocycles. The Hall–Kier alpha value is -2.37. The van der Waals surface area contributed by atoms with E-state index in [0.717, 1.165) is 0 Å². The zero-order chi connectivity index (χ0) is 16.2. The predicted molar refractivity (Wildman–Crippen MR) is 76.5 cm³/mol. The summed E-state index contributed by atoms with van der Waals surface area (Å²) >= 11 is 0. The number of amides is 1. The summed E-state index contributed by atoms with van der Waals surface area (Å²) in [5, 5.41) is 9.31. The Labute approximate surface area is 123 Å². The number of methoxy groups -OCH3 is 1. The summed E-state index contributed by atoms with van der Waals surface area (Å²) in [6.45, 7) is 3.50. The first-order valence-corrected chi connectivity index (χ1v) is 6.45. The quantitative estimate of drug-likeness (QED) is 0.834. The van der Waals surface area contributed by atoms with Gasteiger partial charge in [0.1, 0.15) is 0 Å². The molecule has 1 aromatic rings. The lowest BCUT2D eigenvalue weighted by Gasteiger charge is -2.20. The Bertz CT molecular complexity index is 580. The highest BCUT2D eigenvalue weighted by molar-refractivity contribution is 6.06. The van der Waals surface area contributed by atoms with Crippen molar-refractivity contribution in [2.75, 3.05) is 20.7 Å². The summed E-state index contributed by atoms with van der Waals surface area (Å²) in [6.07, 6.45) is 0.0615. The van der Waals surface area contributed by atoms with Gasteiger partial charge in [-0.05, 0) is 25.0 Å². The van der Waals surface area contributed by atoms with Gasteiger partial charge in [0.05, 0.1) is 24.7 Å². The molecular weight excluding hydrogens is 274 g/mol. The van der Waals surface area contributed by atoms with Crippen LogP contribution in [0.5, 0.6) is 0 Å². The van der Waals surface area contributed by atoms with Gasteiger partial charge in [0.25, 0.3) is 5.91 Å². The molecule has 0 aromatic heterocycles. The van der Waals surface area contributed by atoms with Gasteiger partial charge in [-0.15, -0.1) is 0 Å². The van der Waals surface area contributed by atoms with Crippen LogP contribution in [0.4, 0.5) is 0 Å². The van der Waals surface area contributed by atoms with Gasteiger partial charge in [-0.3, -0.25) is 9.59 Å². The van der Waals surface area contributed by atoms with Crippen LogP contribution in [0.3, 0.4) is 0 Å². The summed E-state index contributed by atoms with van der Waals surface area (Å²) in [6, 6.07) is 3.38. The highest BCUT2D eigenvalue weighted by atomic mass is 16.5. The third-order valence-electron chi connectivity index (χ3n) is 3.28. The Morgan fingerprint density at radius 2 is 1.67 bits per heavy atom. The minimum atomic E-state index is -1.14. The van der Waals surface area contributed by atoms with Gasteiger partial charge in [0, 0.05) is 13.6 Å². The topological polar surface area (TPSA) is 83.9 Å². The standard InChI is InChI=1S/C15H19NO5/c1-9-5-6-10(2)13(15(19)20)12(9)14(18)16(3)8-7-11(17)21-4/h5-6H,7-8H2,1-4H3,(H,19,20). The molecule has 0 aliphatic carbocycles. The molecule has 1 aromatic carbocycles. The number of carbonyl (C=O) groups excluding carboxylic acids is 2. The lowest BCUT2D eigenvalue weighted by atomic mass is 9.96. The molecule has 6 heteroatoms. The fraction of sp³-hybridized carbons (Fsp3) is 0.400. The van der Waals surface area contributed by atoms with Crippen molar-refractivity contribution in [3.63, 3.8) is 0 Å². The highest BCUT2D eigenvalue weighted by Crippen LogP contribution is 2.20. The van der Waals surface area contributed by atoms with Crippen molar-refractivity contribution in [1.82, 2.24) is 4.90 Å². The fourth-order valence-electron chi connectivity index (χ4n) is 2.02. The number of esters is 1. The van der Waals surface area contributed by atoms with E-state index < -0.39 is 17.8 Å². The van der Waals surface area contributed by atoms with E-state index in [1.807, 2.05) is 0 Å². The first kappa shape index (κ1) is 16.7. The molecule has 0 aliphatic heterocycles. The Balaban J connectivity index is 3.09. The van der Waals surface area contributed by atoms with Gasteiger partial charge in [0.2, 0.25) is 0 Å². The molecule has 0 radical (unpaired) electrons. The van der Waals surface area contributed by atoms with Crippen molar-refractivity contribution < 1.29 is 24.2 Å². The first-order chi connectivity index (χ1) is 9.79. The van der Waals surface area contributed by atoms with Crippen molar-refractivity contribution in [2.24, 2.45) is 0 Å². The number of aryl methyl sites for hydroxylation is 2. The van der Waals surface area contributed by atoms with E-state index in [1.165, 1.54) is 19.1 Å². The van der Waals surface area contributed by atoms with Crippen LogP contribution < -0.4 is 0 Å². The average Bonchev–Trinajstić information content (AvgIpc) is 2.45. The minimum Gasteiger partial charge on any atom is -0.478 e. The number of rotatable bonds is 5. The number of carbonyl (C=O) groups is 3. The molecule has 0 fully saturated rings. The van der Waals surface area contributed by atoms with Gasteiger partial charge in [-0.1, -0.05) is 12.1 Å². The van der Waals surface area contributed by atoms with E-state index in [9.17, 15) is 19.5 Å². The van der Waals surface area contributed by atoms with Gasteiger partial charge in [-0.25, -0.2) is 4.79 Å². The SMILES string of the molecule is COC(=O)CCN(C)C(=O)c1c(C)ccc(C)c1C(=O)O. The largest absolute Gasteiger partial charge is 0.478 e. The number of nitrogens with zero attached hydrogens (tertiary/aromatic N) is 1. The molecule has 0 heterocycles. The van der Waals surface area contributed by atoms with Crippen LogP contribution in [0.1, 0.15) is 38.3 Å². The molecule has 0 bridgehead atoms. The van der Waals surface area contributed by atoms with Crippen LogP contribution in [0.25, 0.3) is 0 Å². The Kier molecular flexibility index (Phi) is 5.46. The summed E-state index contributed by atoms with van der Waals surface area (Å²) in [5.74, 6) is -1.98. The number of ether oxygens (including phenoxy) is 1. The molecule has 114 valence electrons. The Morgan fingerprint density at radius 1 is 1.14 bits per heavy atom. The summed E-state index contributed by atoms with van der Waals surface area (Å²) < 4.78 is 4.52. The van der Waals surface area contributed by atoms with Crippen molar-refractivity contribution in [3.8, 4) is 0 Å². The molecule has 1 N–H and O–H groups in total. The molecule has 0 spiro atoms. The van der Waals surface area contributed by atoms with Crippen LogP contribution in [-0.4, -0.2) is 48.6 Å². The van der Waals surface area contributed by atoms with Gasteiger partial charge < -0.3 is 14.7 Å². The van der Waals surface area contributed by atoms with Gasteiger partial charge in [-0.2, -0.15) is 0 Å². The zero-order valence-electron chi connectivity index (χ0n) is 12.6. The first-order valence-electron chi connectivity index (χ1n) is 6.45. The minimum absolute atomic E-state index is 0.00455. The van der Waals surface area contributed by atoms with Crippen molar-refractivity contribution >= 4 is 17.8 Å². The number of carboxylic acids is 1. The second-order valence-corrected chi connectivity index (χ2v) is 4.81. The normalized spacial score (nSPS) is 10.1. The molecule has 0 unspecified atom stereocenters. The molecule has 6 nitrogen and oxygen atoms in total. The van der Waals surface area contributed by atoms with Gasteiger partial charge in [0.15, 0.2) is 0 Å². The monoisotopic (exact) mass is 293 g/mol. The molecule has 1 amide bonds. The van der Waals surface area contributed by atoms with E-state index in [2.05, 4.69) is 4.74 Å². The summed E-state index contributed by atoms with van der Waals surface area (Å²) in [4.78, 5) is 36.3. The molecule has 0 saturated carbocycles. The van der Waals surface area contributed by atoms with Crippen LogP contribution in [0.15, 0.2) is 12.1 Å². The molecule has 0 aliphatic rings. The third-order valence-corrected chi connectivity index (χ3v) is 3.28. The van der Waals surface area contributed by atoms with E-state index in [0.29, 0.717) is 11.1 Å². The third kappa shape index (κ3) is 3.81. The number of carboxylic acid groups (broad SMARTS) is 1. The maximum atomic E-state index is 12.5. The average molecular weight is 293 g/mol. The lowest BCUT2D eigenvalue weighted by molar-refractivity contribution is -0.140. The fourth-order valence-corrected chi connectivity index (χ4v) is 2.02. The maximum absolute atomic E-state index is 12.5. The second-order valence-electron chi connectivity index (χ2n) is 4.81. The number of aromatic carboxylic acids is 1. The highest BCUT2D eigenvalue weighted by Gasteiger charge is 2.23. The zero-order valence-corrected chi connectivity index (χ0v) is 12.6. The van der Waals surface area contributed by atoms with E-state index >= 15 is 0 Å². The summed E-state index contributed by atoms with van der Waals surface area (Å²) in [5.41, 5.74) is 1.28. The van der Waals surface area contributed by atoms with Crippen molar-refractivity contribution in [2.45, 2.75) is 20.3 Å². The summed E-state index contributed by atoms with van der Waals surface area (Å²) in [7, 11) is 2.80. The molecule has 1 rings (SSSR count). The van der Waals surface area contributed by atoms with E-state index in [4.69, 9.17) is 0 Å². The van der Waals surface area contributed by atoms with Crippen molar-refractivity contribution in [1.29, 1.82) is 0 Å². The Morgan fingerprint density at radius 3 is 2.14 bits per heavy atom. The van der Waals surface area contributed by atoms with Crippen molar-refractivity contribution in [3.05, 3.63) is 34.4 Å². The van der Waals surface area contributed by atoms with Crippen LogP contribution in [-0.2, 0) is 9.53 Å². The molecule has 21 heavy (non-hydrogen) atoms. The molecular formula is C15H19NO5. The van der Waals surface area contributed by atoms with Crippen LogP contribution >= 0.6 is 0 Å². The molecule has 0 atom stereocenters.